The second kappa shape index (κ2) is 41.1. The van der Waals surface area contributed by atoms with Crippen LogP contribution >= 0.6 is 0 Å². The molecule has 0 aromatic heterocycles. The van der Waals surface area contributed by atoms with Gasteiger partial charge in [0.25, 0.3) is 0 Å². The fourth-order valence-corrected chi connectivity index (χ4v) is 6.12. The van der Waals surface area contributed by atoms with Gasteiger partial charge in [-0.25, -0.2) is 0 Å². The number of carbonyl (C=O) groups is 2. The van der Waals surface area contributed by atoms with Crippen LogP contribution < -0.4 is 0 Å². The van der Waals surface area contributed by atoms with Crippen molar-refractivity contribution in [2.45, 2.75) is 219 Å². The topological polar surface area (TPSA) is 63.6 Å². The first-order chi connectivity index (χ1) is 24.6. The van der Waals surface area contributed by atoms with E-state index >= 15 is 0 Å². The van der Waals surface area contributed by atoms with Gasteiger partial charge in [-0.1, -0.05) is 164 Å². The van der Waals surface area contributed by atoms with E-state index in [-0.39, 0.29) is 18.5 Å². The van der Waals surface area contributed by atoms with Crippen molar-refractivity contribution in [3.8, 4) is 0 Å². The molecule has 0 aromatic rings. The normalized spacial score (nSPS) is 12.8. The Morgan fingerprint density at radius 3 is 1.40 bits per heavy atom. The summed E-state index contributed by atoms with van der Waals surface area (Å²) in [6, 6.07) is 0. The van der Waals surface area contributed by atoms with Gasteiger partial charge >= 0.3 is 11.9 Å². The van der Waals surface area contributed by atoms with Gasteiger partial charge < -0.3 is 9.84 Å². The highest BCUT2D eigenvalue weighted by atomic mass is 16.5. The number of hydrogen-bond donors (Lipinski definition) is 1. The van der Waals surface area contributed by atoms with Crippen LogP contribution in [-0.4, -0.2) is 23.1 Å². The molecule has 4 nitrogen and oxygen atoms in total. The number of carboxylic acid groups (broad SMARTS) is 1. The number of allylic oxidation sites excluding steroid dienone is 10. The summed E-state index contributed by atoms with van der Waals surface area (Å²) in [6.07, 6.45) is 56.7. The minimum Gasteiger partial charge on any atom is -0.481 e. The molecule has 1 N–H and O–H groups in total. The van der Waals surface area contributed by atoms with Crippen molar-refractivity contribution in [1.29, 1.82) is 0 Å². The highest BCUT2D eigenvalue weighted by molar-refractivity contribution is 5.69. The molecule has 1 atom stereocenters. The Morgan fingerprint density at radius 1 is 0.460 bits per heavy atom. The predicted octanol–water partition coefficient (Wildman–Crippen LogP) is 14.9. The largest absolute Gasteiger partial charge is 0.481 e. The van der Waals surface area contributed by atoms with Gasteiger partial charge in [-0.2, -0.15) is 0 Å². The third-order valence-corrected chi connectivity index (χ3v) is 9.22. The molecular weight excluding hydrogens is 617 g/mol. The molecule has 0 rings (SSSR count). The van der Waals surface area contributed by atoms with E-state index in [1.165, 1.54) is 89.9 Å². The van der Waals surface area contributed by atoms with E-state index in [9.17, 15) is 9.59 Å². The summed E-state index contributed by atoms with van der Waals surface area (Å²) in [5.41, 5.74) is 0. The van der Waals surface area contributed by atoms with Gasteiger partial charge in [0, 0.05) is 12.8 Å². The van der Waals surface area contributed by atoms with Crippen molar-refractivity contribution >= 4 is 11.9 Å². The smallest absolute Gasteiger partial charge is 0.306 e. The first-order valence-electron chi connectivity index (χ1n) is 21.3. The van der Waals surface area contributed by atoms with Crippen molar-refractivity contribution in [3.05, 3.63) is 60.8 Å². The second-order valence-electron chi connectivity index (χ2n) is 14.1. The number of rotatable bonds is 38. The summed E-state index contributed by atoms with van der Waals surface area (Å²) in [4.78, 5) is 23.4. The summed E-state index contributed by atoms with van der Waals surface area (Å²) < 4.78 is 5.99. The molecule has 0 saturated carbocycles. The minimum atomic E-state index is -0.706. The number of ether oxygens (including phenoxy) is 1. The molecule has 0 amide bonds. The zero-order valence-corrected chi connectivity index (χ0v) is 32.9. The zero-order valence-electron chi connectivity index (χ0n) is 32.9. The molecule has 0 aliphatic rings. The molecule has 0 aliphatic heterocycles. The first-order valence-corrected chi connectivity index (χ1v) is 21.3. The average Bonchev–Trinajstić information content (AvgIpc) is 3.10. The van der Waals surface area contributed by atoms with Gasteiger partial charge in [-0.15, -0.1) is 0 Å². The number of unbranched alkanes of at least 4 members (excludes halogenated alkanes) is 19. The lowest BCUT2D eigenvalue weighted by Crippen LogP contribution is -2.18. The van der Waals surface area contributed by atoms with Gasteiger partial charge in [0.2, 0.25) is 0 Å². The van der Waals surface area contributed by atoms with Crippen LogP contribution in [0, 0.1) is 0 Å². The number of hydrogen-bond acceptors (Lipinski definition) is 3. The molecule has 288 valence electrons. The fraction of sp³-hybridized carbons (Fsp3) is 0.739. The van der Waals surface area contributed by atoms with Gasteiger partial charge in [0.05, 0.1) is 0 Å². The molecule has 4 heteroatoms. The van der Waals surface area contributed by atoms with E-state index in [4.69, 9.17) is 9.84 Å². The van der Waals surface area contributed by atoms with Gasteiger partial charge in [-0.3, -0.25) is 9.59 Å². The lowest BCUT2D eigenvalue weighted by Gasteiger charge is -2.18. The first kappa shape index (κ1) is 47.6. The molecule has 0 aromatic carbocycles. The number of aliphatic carboxylic acids is 1. The maximum Gasteiger partial charge on any atom is 0.306 e. The molecule has 0 fully saturated rings. The van der Waals surface area contributed by atoms with Crippen LogP contribution in [0.15, 0.2) is 60.8 Å². The zero-order chi connectivity index (χ0) is 36.4. The molecular formula is C46H80O4. The van der Waals surface area contributed by atoms with Crippen LogP contribution in [0.25, 0.3) is 0 Å². The van der Waals surface area contributed by atoms with Crippen molar-refractivity contribution in [1.82, 2.24) is 0 Å². The minimum absolute atomic E-state index is 0.0187. The van der Waals surface area contributed by atoms with Crippen molar-refractivity contribution in [2.24, 2.45) is 0 Å². The Balaban J connectivity index is 4.01. The Hall–Kier alpha value is -2.36. The average molecular weight is 697 g/mol. The van der Waals surface area contributed by atoms with E-state index in [0.717, 1.165) is 96.3 Å². The molecule has 1 unspecified atom stereocenters. The van der Waals surface area contributed by atoms with Crippen molar-refractivity contribution in [2.75, 3.05) is 0 Å². The highest BCUT2D eigenvalue weighted by Crippen LogP contribution is 2.18. The summed E-state index contributed by atoms with van der Waals surface area (Å²) in [5.74, 6) is -0.729. The summed E-state index contributed by atoms with van der Waals surface area (Å²) >= 11 is 0. The standard InChI is InChI=1S/C46H80O4/c1-3-5-7-9-11-13-15-16-17-18-19-20-21-22-23-24-26-28-30-35-39-43-46(49)50-44(41-37-33-31-34-38-42-45(47)48)40-36-32-29-27-25-14-12-10-8-6-4-2/h5,7,11,13,16-17,19-20,27,29,44H,3-4,6,8-10,12,14-15,18,21-26,28,30-43H2,1-2H3,(H,47,48)/b7-5-,13-11-,17-16-,20-19-,29-27-. The Morgan fingerprint density at radius 2 is 0.860 bits per heavy atom. The molecule has 0 bridgehead atoms. The van der Waals surface area contributed by atoms with Crippen LogP contribution in [0.5, 0.6) is 0 Å². The van der Waals surface area contributed by atoms with E-state index < -0.39 is 5.97 Å². The molecule has 0 heterocycles. The highest BCUT2D eigenvalue weighted by Gasteiger charge is 2.14. The van der Waals surface area contributed by atoms with Crippen LogP contribution in [0.4, 0.5) is 0 Å². The Kier molecular flexibility index (Phi) is 39.1. The monoisotopic (exact) mass is 697 g/mol. The third kappa shape index (κ3) is 40.1. The Bertz CT molecular complexity index is 881. The van der Waals surface area contributed by atoms with E-state index in [2.05, 4.69) is 74.6 Å². The van der Waals surface area contributed by atoms with Crippen LogP contribution in [0.1, 0.15) is 213 Å². The third-order valence-electron chi connectivity index (χ3n) is 9.22. The quantitative estimate of drug-likeness (QED) is 0.0396. The molecule has 0 radical (unpaired) electrons. The van der Waals surface area contributed by atoms with Gasteiger partial charge in [0.15, 0.2) is 0 Å². The summed E-state index contributed by atoms with van der Waals surface area (Å²) in [7, 11) is 0. The van der Waals surface area contributed by atoms with Crippen LogP contribution in [0.3, 0.4) is 0 Å². The molecule has 0 aliphatic carbocycles. The van der Waals surface area contributed by atoms with Crippen LogP contribution in [0.2, 0.25) is 0 Å². The van der Waals surface area contributed by atoms with Crippen molar-refractivity contribution in [3.63, 3.8) is 0 Å². The molecule has 0 saturated heterocycles. The Labute approximate surface area is 310 Å². The number of carbonyl (C=O) groups excluding carboxylic acids is 1. The van der Waals surface area contributed by atoms with Gasteiger partial charge in [0.1, 0.15) is 6.10 Å². The SMILES string of the molecule is CC/C=C\C/C=C\C/C=C\C/C=C\CCCCCCCCCCC(=O)OC(CCC/C=C\CCCCCCCC)CCCCCCCC(=O)O. The molecule has 0 spiro atoms. The predicted molar refractivity (Wildman–Crippen MR) is 218 cm³/mol. The summed E-state index contributed by atoms with van der Waals surface area (Å²) in [6.45, 7) is 4.43. The second-order valence-corrected chi connectivity index (χ2v) is 14.1. The fourth-order valence-electron chi connectivity index (χ4n) is 6.12. The van der Waals surface area contributed by atoms with E-state index in [1.807, 2.05) is 0 Å². The van der Waals surface area contributed by atoms with E-state index in [0.29, 0.717) is 6.42 Å². The maximum absolute atomic E-state index is 12.7. The van der Waals surface area contributed by atoms with Gasteiger partial charge in [-0.05, 0) is 96.3 Å². The van der Waals surface area contributed by atoms with Crippen molar-refractivity contribution < 1.29 is 19.4 Å². The summed E-state index contributed by atoms with van der Waals surface area (Å²) in [5, 5.41) is 8.83. The number of carboxylic acids is 1. The lowest BCUT2D eigenvalue weighted by molar-refractivity contribution is -0.150. The van der Waals surface area contributed by atoms with Crippen LogP contribution in [-0.2, 0) is 14.3 Å². The molecule has 50 heavy (non-hydrogen) atoms. The maximum atomic E-state index is 12.7. The van der Waals surface area contributed by atoms with E-state index in [1.54, 1.807) is 0 Å². The lowest BCUT2D eigenvalue weighted by atomic mass is 10.0. The number of esters is 1.